The van der Waals surface area contributed by atoms with Gasteiger partial charge in [0.05, 0.1) is 12.8 Å². The van der Waals surface area contributed by atoms with E-state index in [1.54, 1.807) is 19.2 Å². The van der Waals surface area contributed by atoms with Crippen LogP contribution in [0.5, 0.6) is 11.5 Å². The molecule has 0 saturated heterocycles. The van der Waals surface area contributed by atoms with Crippen LogP contribution in [0, 0.1) is 0 Å². The van der Waals surface area contributed by atoms with Crippen molar-refractivity contribution in [2.75, 3.05) is 7.11 Å². The van der Waals surface area contributed by atoms with Crippen LogP contribution in [0.2, 0.25) is 0 Å². The molecule has 0 aliphatic heterocycles. The van der Waals surface area contributed by atoms with E-state index < -0.39 is 0 Å². The van der Waals surface area contributed by atoms with Gasteiger partial charge in [-0.2, -0.15) is 0 Å². The lowest BCUT2D eigenvalue weighted by Crippen LogP contribution is -2.34. The number of nitrogens with one attached hydrogen (secondary N) is 1. The molecule has 4 rings (SSSR count). The fourth-order valence-electron chi connectivity index (χ4n) is 3.45. The van der Waals surface area contributed by atoms with E-state index in [1.807, 2.05) is 78.3 Å². The molecule has 0 aliphatic carbocycles. The largest absolute Gasteiger partial charge is 0.497 e. The Hall–Kier alpha value is -3.80. The standard InChI is InChI=1S/C25H25N3O3/c1-18(13-19-7-5-9-22(14-19)30-2)26-25(29)20-8-6-10-23(15-20)31-17-21-16-28-12-4-3-11-24(28)27-21/h3-12,14-16,18H,13,17H2,1-2H3,(H,26,29). The van der Waals surface area contributed by atoms with Crippen molar-refractivity contribution in [3.8, 4) is 11.5 Å². The SMILES string of the molecule is COc1cccc(CC(C)NC(=O)c2cccc(OCc3cn4ccccc4n3)c2)c1. The molecule has 1 amide bonds. The van der Waals surface area contributed by atoms with E-state index in [4.69, 9.17) is 9.47 Å². The second-order valence-electron chi connectivity index (χ2n) is 7.45. The first kappa shape index (κ1) is 20.5. The van der Waals surface area contributed by atoms with E-state index >= 15 is 0 Å². The maximum Gasteiger partial charge on any atom is 0.251 e. The Morgan fingerprint density at radius 3 is 2.74 bits per heavy atom. The highest BCUT2D eigenvalue weighted by Gasteiger charge is 2.12. The van der Waals surface area contributed by atoms with Gasteiger partial charge in [0.25, 0.3) is 5.91 Å². The van der Waals surface area contributed by atoms with Crippen LogP contribution in [-0.4, -0.2) is 28.4 Å². The van der Waals surface area contributed by atoms with Crippen molar-refractivity contribution < 1.29 is 14.3 Å². The molecular formula is C25H25N3O3. The summed E-state index contributed by atoms with van der Waals surface area (Å²) in [6, 6.07) is 20.9. The molecule has 1 atom stereocenters. The first-order chi connectivity index (χ1) is 15.1. The number of methoxy groups -OCH3 is 1. The Morgan fingerprint density at radius 2 is 1.90 bits per heavy atom. The van der Waals surface area contributed by atoms with Gasteiger partial charge in [0.2, 0.25) is 0 Å². The lowest BCUT2D eigenvalue weighted by molar-refractivity contribution is 0.0939. The molecule has 0 aliphatic rings. The summed E-state index contributed by atoms with van der Waals surface area (Å²) >= 11 is 0. The Kier molecular flexibility index (Phi) is 6.17. The molecule has 0 fully saturated rings. The van der Waals surface area contributed by atoms with Gasteiger partial charge in [0, 0.05) is 24.0 Å². The van der Waals surface area contributed by atoms with Gasteiger partial charge >= 0.3 is 0 Å². The quantitative estimate of drug-likeness (QED) is 0.466. The molecule has 2 aromatic heterocycles. The number of ether oxygens (including phenoxy) is 2. The second-order valence-corrected chi connectivity index (χ2v) is 7.45. The van der Waals surface area contributed by atoms with Gasteiger partial charge in [-0.25, -0.2) is 4.98 Å². The van der Waals surface area contributed by atoms with Crippen molar-refractivity contribution >= 4 is 11.6 Å². The summed E-state index contributed by atoms with van der Waals surface area (Å²) < 4.78 is 13.1. The highest BCUT2D eigenvalue weighted by Crippen LogP contribution is 2.17. The first-order valence-corrected chi connectivity index (χ1v) is 10.2. The Morgan fingerprint density at radius 1 is 1.06 bits per heavy atom. The normalized spacial score (nSPS) is 11.8. The molecule has 2 heterocycles. The number of carbonyl (C=O) groups excluding carboxylic acids is 1. The zero-order valence-corrected chi connectivity index (χ0v) is 17.6. The summed E-state index contributed by atoms with van der Waals surface area (Å²) in [4.78, 5) is 17.2. The number of fused-ring (bicyclic) bond motifs is 1. The highest BCUT2D eigenvalue weighted by molar-refractivity contribution is 5.94. The highest BCUT2D eigenvalue weighted by atomic mass is 16.5. The number of carbonyl (C=O) groups is 1. The Balaban J connectivity index is 1.35. The number of pyridine rings is 1. The van der Waals surface area contributed by atoms with Crippen molar-refractivity contribution in [1.82, 2.24) is 14.7 Å². The molecule has 31 heavy (non-hydrogen) atoms. The van der Waals surface area contributed by atoms with Gasteiger partial charge in [0.15, 0.2) is 0 Å². The van der Waals surface area contributed by atoms with E-state index in [9.17, 15) is 4.79 Å². The zero-order valence-electron chi connectivity index (χ0n) is 17.6. The van der Waals surface area contributed by atoms with Gasteiger partial charge in [0.1, 0.15) is 23.8 Å². The molecular weight excluding hydrogens is 390 g/mol. The average Bonchev–Trinajstić information content (AvgIpc) is 3.21. The molecule has 0 bridgehead atoms. The Bertz CT molecular complexity index is 1150. The molecule has 0 spiro atoms. The van der Waals surface area contributed by atoms with Crippen LogP contribution in [0.25, 0.3) is 5.65 Å². The van der Waals surface area contributed by atoms with E-state index in [2.05, 4.69) is 10.3 Å². The van der Waals surface area contributed by atoms with Gasteiger partial charge in [-0.05, 0) is 61.4 Å². The number of rotatable bonds is 8. The maximum atomic E-state index is 12.7. The minimum atomic E-state index is -0.131. The minimum Gasteiger partial charge on any atom is -0.497 e. The van der Waals surface area contributed by atoms with Crippen LogP contribution in [0.4, 0.5) is 0 Å². The lowest BCUT2D eigenvalue weighted by atomic mass is 10.1. The van der Waals surface area contributed by atoms with Crippen LogP contribution in [-0.2, 0) is 13.0 Å². The van der Waals surface area contributed by atoms with Crippen LogP contribution >= 0.6 is 0 Å². The number of imidazole rings is 1. The second kappa shape index (κ2) is 9.34. The number of hydrogen-bond donors (Lipinski definition) is 1. The third-order valence-corrected chi connectivity index (χ3v) is 4.95. The fraction of sp³-hybridized carbons (Fsp3) is 0.200. The lowest BCUT2D eigenvalue weighted by Gasteiger charge is -2.15. The number of aromatic nitrogens is 2. The molecule has 158 valence electrons. The van der Waals surface area contributed by atoms with Crippen molar-refractivity contribution in [1.29, 1.82) is 0 Å². The summed E-state index contributed by atoms with van der Waals surface area (Å²) in [6.45, 7) is 2.32. The van der Waals surface area contributed by atoms with Crippen molar-refractivity contribution in [2.45, 2.75) is 26.0 Å². The molecule has 1 N–H and O–H groups in total. The van der Waals surface area contributed by atoms with Gasteiger partial charge in [-0.15, -0.1) is 0 Å². The van der Waals surface area contributed by atoms with E-state index in [1.165, 1.54) is 0 Å². The summed E-state index contributed by atoms with van der Waals surface area (Å²) in [5.74, 6) is 1.31. The number of benzene rings is 2. The Labute approximate surface area is 181 Å². The molecule has 1 unspecified atom stereocenters. The van der Waals surface area contributed by atoms with E-state index in [0.29, 0.717) is 24.3 Å². The summed E-state index contributed by atoms with van der Waals surface area (Å²) in [5.41, 5.74) is 3.37. The zero-order chi connectivity index (χ0) is 21.6. The summed E-state index contributed by atoms with van der Waals surface area (Å²) in [6.07, 6.45) is 4.60. The topological polar surface area (TPSA) is 64.9 Å². The van der Waals surface area contributed by atoms with Crippen molar-refractivity contribution in [2.24, 2.45) is 0 Å². The molecule has 0 radical (unpaired) electrons. The van der Waals surface area contributed by atoms with Gasteiger partial charge in [-0.3, -0.25) is 4.79 Å². The monoisotopic (exact) mass is 415 g/mol. The average molecular weight is 415 g/mol. The molecule has 4 aromatic rings. The minimum absolute atomic E-state index is 0.0258. The predicted molar refractivity (Wildman–Crippen MR) is 120 cm³/mol. The number of nitrogens with zero attached hydrogens (tertiary/aromatic N) is 2. The summed E-state index contributed by atoms with van der Waals surface area (Å²) in [7, 11) is 1.65. The molecule has 6 nitrogen and oxygen atoms in total. The first-order valence-electron chi connectivity index (χ1n) is 10.2. The predicted octanol–water partition coefficient (Wildman–Crippen LogP) is 4.28. The summed E-state index contributed by atoms with van der Waals surface area (Å²) in [5, 5.41) is 3.05. The molecule has 0 saturated carbocycles. The van der Waals surface area contributed by atoms with E-state index in [-0.39, 0.29) is 11.9 Å². The third kappa shape index (κ3) is 5.22. The number of hydrogen-bond acceptors (Lipinski definition) is 4. The molecule has 2 aromatic carbocycles. The molecule has 6 heteroatoms. The third-order valence-electron chi connectivity index (χ3n) is 4.95. The smallest absolute Gasteiger partial charge is 0.251 e. The van der Waals surface area contributed by atoms with Crippen LogP contribution in [0.1, 0.15) is 28.5 Å². The van der Waals surface area contributed by atoms with Crippen LogP contribution in [0.15, 0.2) is 79.1 Å². The van der Waals surface area contributed by atoms with Crippen molar-refractivity contribution in [3.05, 3.63) is 95.9 Å². The number of amides is 1. The fourth-order valence-corrected chi connectivity index (χ4v) is 3.45. The van der Waals surface area contributed by atoms with Gasteiger partial charge in [-0.1, -0.05) is 24.3 Å². The van der Waals surface area contributed by atoms with Crippen molar-refractivity contribution in [3.63, 3.8) is 0 Å². The maximum absolute atomic E-state index is 12.7. The van der Waals surface area contributed by atoms with Crippen LogP contribution in [0.3, 0.4) is 0 Å². The van der Waals surface area contributed by atoms with Gasteiger partial charge < -0.3 is 19.2 Å². The van der Waals surface area contributed by atoms with Crippen LogP contribution < -0.4 is 14.8 Å². The van der Waals surface area contributed by atoms with E-state index in [0.717, 1.165) is 22.7 Å².